The van der Waals surface area contributed by atoms with Crippen molar-refractivity contribution in [3.05, 3.63) is 41.0 Å². The predicted octanol–water partition coefficient (Wildman–Crippen LogP) is 2.80. The van der Waals surface area contributed by atoms with Gasteiger partial charge in [-0.3, -0.25) is 14.9 Å². The number of rotatable bonds is 4. The number of carbonyl (C=O) groups excluding carboxylic acids is 2. The SMILES string of the molecule is Cc1nc(C)c(-c2nnc(NC(=O)C3CC(=O)N(c4ccccc4)C3)o2)s1. The molecule has 1 aromatic carbocycles. The zero-order chi connectivity index (χ0) is 19.0. The summed E-state index contributed by atoms with van der Waals surface area (Å²) in [6.45, 7) is 4.09. The maximum atomic E-state index is 12.5. The maximum absolute atomic E-state index is 12.5. The van der Waals surface area contributed by atoms with Gasteiger partial charge in [-0.1, -0.05) is 23.3 Å². The highest BCUT2D eigenvalue weighted by atomic mass is 32.1. The van der Waals surface area contributed by atoms with Gasteiger partial charge < -0.3 is 9.32 Å². The Morgan fingerprint density at radius 3 is 2.74 bits per heavy atom. The average Bonchev–Trinajstić information content (AvgIpc) is 3.34. The Morgan fingerprint density at radius 2 is 2.04 bits per heavy atom. The van der Waals surface area contributed by atoms with Crippen molar-refractivity contribution in [1.29, 1.82) is 0 Å². The summed E-state index contributed by atoms with van der Waals surface area (Å²) < 4.78 is 5.55. The standard InChI is InChI=1S/C18H17N5O3S/c1-10-15(27-11(2)19-10)17-21-22-18(26-17)20-16(25)12-8-14(24)23(9-12)13-6-4-3-5-7-13/h3-7,12H,8-9H2,1-2H3,(H,20,22,25). The summed E-state index contributed by atoms with van der Waals surface area (Å²) in [7, 11) is 0. The predicted molar refractivity (Wildman–Crippen MR) is 100 cm³/mol. The summed E-state index contributed by atoms with van der Waals surface area (Å²) in [6, 6.07) is 9.32. The molecule has 2 aromatic heterocycles. The number of hydrogen-bond acceptors (Lipinski definition) is 7. The van der Waals surface area contributed by atoms with Gasteiger partial charge in [0.1, 0.15) is 4.88 Å². The highest BCUT2D eigenvalue weighted by molar-refractivity contribution is 7.15. The third-order valence-electron chi connectivity index (χ3n) is 4.32. The van der Waals surface area contributed by atoms with Gasteiger partial charge in [0.25, 0.3) is 5.89 Å². The number of benzene rings is 1. The lowest BCUT2D eigenvalue weighted by atomic mass is 10.1. The van der Waals surface area contributed by atoms with Crippen LogP contribution in [-0.2, 0) is 9.59 Å². The Morgan fingerprint density at radius 1 is 1.26 bits per heavy atom. The molecule has 3 heterocycles. The lowest BCUT2D eigenvalue weighted by Crippen LogP contribution is -2.28. The van der Waals surface area contributed by atoms with E-state index in [0.717, 1.165) is 21.3 Å². The van der Waals surface area contributed by atoms with E-state index < -0.39 is 5.92 Å². The number of para-hydroxylation sites is 1. The van der Waals surface area contributed by atoms with Crippen molar-refractivity contribution in [2.24, 2.45) is 5.92 Å². The second-order valence-corrected chi connectivity index (χ2v) is 7.49. The van der Waals surface area contributed by atoms with E-state index in [9.17, 15) is 9.59 Å². The highest BCUT2D eigenvalue weighted by Crippen LogP contribution is 2.30. The molecule has 1 aliphatic heterocycles. The fraction of sp³-hybridized carbons (Fsp3) is 0.278. The van der Waals surface area contributed by atoms with Crippen molar-refractivity contribution in [3.63, 3.8) is 0 Å². The summed E-state index contributed by atoms with van der Waals surface area (Å²) in [5.74, 6) is -0.542. The Kier molecular flexibility index (Phi) is 4.44. The molecule has 4 rings (SSSR count). The smallest absolute Gasteiger partial charge is 0.322 e. The maximum Gasteiger partial charge on any atom is 0.322 e. The molecular weight excluding hydrogens is 366 g/mol. The zero-order valence-corrected chi connectivity index (χ0v) is 15.6. The van der Waals surface area contributed by atoms with E-state index in [4.69, 9.17) is 4.42 Å². The van der Waals surface area contributed by atoms with E-state index in [0.29, 0.717) is 12.4 Å². The van der Waals surface area contributed by atoms with Crippen LogP contribution in [0, 0.1) is 19.8 Å². The molecule has 1 N–H and O–H groups in total. The van der Waals surface area contributed by atoms with E-state index in [2.05, 4.69) is 20.5 Å². The summed E-state index contributed by atoms with van der Waals surface area (Å²) in [4.78, 5) is 31.5. The van der Waals surface area contributed by atoms with Gasteiger partial charge in [-0.15, -0.1) is 16.4 Å². The highest BCUT2D eigenvalue weighted by Gasteiger charge is 2.35. The fourth-order valence-corrected chi connectivity index (χ4v) is 3.88. The molecule has 2 amide bonds. The van der Waals surface area contributed by atoms with Gasteiger partial charge in [-0.2, -0.15) is 0 Å². The first-order valence-corrected chi connectivity index (χ1v) is 9.27. The normalized spacial score (nSPS) is 16.7. The van der Waals surface area contributed by atoms with Gasteiger partial charge >= 0.3 is 6.01 Å². The minimum Gasteiger partial charge on any atom is -0.402 e. The van der Waals surface area contributed by atoms with Crippen LogP contribution in [0.5, 0.6) is 0 Å². The van der Waals surface area contributed by atoms with Crippen molar-refractivity contribution in [1.82, 2.24) is 15.2 Å². The lowest BCUT2D eigenvalue weighted by Gasteiger charge is -2.16. The molecule has 27 heavy (non-hydrogen) atoms. The molecule has 0 saturated carbocycles. The van der Waals surface area contributed by atoms with Crippen LogP contribution < -0.4 is 10.2 Å². The first kappa shape index (κ1) is 17.3. The van der Waals surface area contributed by atoms with Crippen LogP contribution >= 0.6 is 11.3 Å². The van der Waals surface area contributed by atoms with Crippen LogP contribution in [0.4, 0.5) is 11.7 Å². The first-order chi connectivity index (χ1) is 13.0. The van der Waals surface area contributed by atoms with Gasteiger partial charge in [0.15, 0.2) is 0 Å². The lowest BCUT2D eigenvalue weighted by molar-refractivity contribution is -0.122. The Hall–Kier alpha value is -3.07. The molecule has 1 fully saturated rings. The second-order valence-electron chi connectivity index (χ2n) is 6.29. The van der Waals surface area contributed by atoms with Crippen LogP contribution in [0.3, 0.4) is 0 Å². The molecule has 8 nitrogen and oxygen atoms in total. The van der Waals surface area contributed by atoms with Crippen molar-refractivity contribution in [2.45, 2.75) is 20.3 Å². The molecule has 0 aliphatic carbocycles. The van der Waals surface area contributed by atoms with E-state index in [-0.39, 0.29) is 24.2 Å². The molecule has 0 bridgehead atoms. The Balaban J connectivity index is 1.44. The van der Waals surface area contributed by atoms with Gasteiger partial charge in [0, 0.05) is 18.7 Å². The van der Waals surface area contributed by atoms with Crippen LogP contribution in [0.2, 0.25) is 0 Å². The van der Waals surface area contributed by atoms with Crippen molar-refractivity contribution >= 4 is 34.9 Å². The minimum absolute atomic E-state index is 0.0195. The van der Waals surface area contributed by atoms with Gasteiger partial charge in [0.05, 0.1) is 16.6 Å². The Labute approximate surface area is 159 Å². The van der Waals surface area contributed by atoms with Crippen LogP contribution in [0.25, 0.3) is 10.8 Å². The van der Waals surface area contributed by atoms with E-state index in [1.807, 2.05) is 44.2 Å². The van der Waals surface area contributed by atoms with E-state index >= 15 is 0 Å². The molecular formula is C18H17N5O3S. The van der Waals surface area contributed by atoms with Crippen molar-refractivity contribution in [2.75, 3.05) is 16.8 Å². The first-order valence-electron chi connectivity index (χ1n) is 8.45. The third-order valence-corrected chi connectivity index (χ3v) is 5.38. The van der Waals surface area contributed by atoms with Crippen LogP contribution in [0.1, 0.15) is 17.1 Å². The van der Waals surface area contributed by atoms with E-state index in [1.54, 1.807) is 4.90 Å². The summed E-state index contributed by atoms with van der Waals surface area (Å²) in [5.41, 5.74) is 1.59. The molecule has 138 valence electrons. The largest absolute Gasteiger partial charge is 0.402 e. The number of amides is 2. The topological polar surface area (TPSA) is 101 Å². The number of nitrogens with zero attached hydrogens (tertiary/aromatic N) is 4. The minimum atomic E-state index is -0.472. The van der Waals surface area contributed by atoms with Crippen molar-refractivity contribution < 1.29 is 14.0 Å². The summed E-state index contributed by atoms with van der Waals surface area (Å²) in [6.07, 6.45) is 0.148. The van der Waals surface area contributed by atoms with Gasteiger partial charge in [0.2, 0.25) is 11.8 Å². The zero-order valence-electron chi connectivity index (χ0n) is 14.8. The van der Waals surface area contributed by atoms with Gasteiger partial charge in [-0.05, 0) is 26.0 Å². The monoisotopic (exact) mass is 383 g/mol. The van der Waals surface area contributed by atoms with Crippen molar-refractivity contribution in [3.8, 4) is 10.8 Å². The molecule has 0 radical (unpaired) electrons. The number of thiazole rings is 1. The molecule has 3 aromatic rings. The summed E-state index contributed by atoms with van der Waals surface area (Å²) >= 11 is 1.45. The fourth-order valence-electron chi connectivity index (χ4n) is 3.04. The number of aromatic nitrogens is 3. The number of anilines is 2. The molecule has 1 saturated heterocycles. The molecule has 1 unspecified atom stereocenters. The number of hydrogen-bond donors (Lipinski definition) is 1. The van der Waals surface area contributed by atoms with E-state index in [1.165, 1.54) is 11.3 Å². The molecule has 1 aliphatic rings. The molecule has 0 spiro atoms. The molecule has 1 atom stereocenters. The number of nitrogens with one attached hydrogen (secondary N) is 1. The number of carbonyl (C=O) groups is 2. The quantitative estimate of drug-likeness (QED) is 0.743. The third kappa shape index (κ3) is 3.45. The van der Waals surface area contributed by atoms with Gasteiger partial charge in [-0.25, -0.2) is 4.98 Å². The second kappa shape index (κ2) is 6.92. The van der Waals surface area contributed by atoms with Crippen LogP contribution in [0.15, 0.2) is 34.7 Å². The Bertz CT molecular complexity index is 998. The average molecular weight is 383 g/mol. The summed E-state index contributed by atoms with van der Waals surface area (Å²) in [5, 5.41) is 11.4. The molecule has 9 heteroatoms. The van der Waals surface area contributed by atoms with Crippen LogP contribution in [-0.4, -0.2) is 33.5 Å². The number of aryl methyl sites for hydroxylation is 2.